The molecule has 0 spiro atoms. The second kappa shape index (κ2) is 8.50. The molecule has 0 aliphatic heterocycles. The largest absolute Gasteiger partial charge is 0.338 e. The van der Waals surface area contributed by atoms with Crippen molar-refractivity contribution < 1.29 is 13.2 Å². The molecule has 0 unspecified atom stereocenters. The van der Waals surface area contributed by atoms with Crippen LogP contribution in [0, 0.1) is 0 Å². The quantitative estimate of drug-likeness (QED) is 0.609. The summed E-state index contributed by atoms with van der Waals surface area (Å²) in [6, 6.07) is 16.2. The Balaban J connectivity index is 1.83. The molecular weight excluding hydrogens is 412 g/mol. The Morgan fingerprint density at radius 2 is 1.69 bits per heavy atom. The third-order valence-corrected chi connectivity index (χ3v) is 5.80. The monoisotopic (exact) mass is 430 g/mol. The average Bonchev–Trinajstić information content (AvgIpc) is 2.70. The molecule has 0 saturated carbocycles. The van der Waals surface area contributed by atoms with E-state index >= 15 is 0 Å². The van der Waals surface area contributed by atoms with Gasteiger partial charge in [-0.3, -0.25) is 9.52 Å². The van der Waals surface area contributed by atoms with E-state index in [1.165, 1.54) is 24.0 Å². The number of rotatable bonds is 6. The summed E-state index contributed by atoms with van der Waals surface area (Å²) in [5.41, 5.74) is 1.61. The van der Waals surface area contributed by atoms with E-state index < -0.39 is 10.0 Å². The van der Waals surface area contributed by atoms with E-state index in [0.717, 1.165) is 0 Å². The molecule has 1 amide bonds. The molecule has 2 aromatic carbocycles. The van der Waals surface area contributed by atoms with Crippen molar-refractivity contribution >= 4 is 50.4 Å². The van der Waals surface area contributed by atoms with Gasteiger partial charge in [-0.2, -0.15) is 0 Å². The van der Waals surface area contributed by atoms with Crippen LogP contribution >= 0.6 is 11.6 Å². The standard InChI is InChI=1S/C20H19ClN4O3S/c1-14(26)25(2)17-9-11-18(12-10-17)29(27,28)24-19-4-3-13-22-20(19)23-16-7-5-15(21)6-8-16/h3-13,24H,1-2H3,(H,22,23). The Hall–Kier alpha value is -3.10. The van der Waals surface area contributed by atoms with Crippen LogP contribution in [0.15, 0.2) is 71.8 Å². The molecule has 150 valence electrons. The van der Waals surface area contributed by atoms with Gasteiger partial charge in [-0.15, -0.1) is 0 Å². The number of carbonyl (C=O) groups is 1. The lowest BCUT2D eigenvalue weighted by Gasteiger charge is -2.16. The van der Waals surface area contributed by atoms with Gasteiger partial charge in [0, 0.05) is 36.6 Å². The molecule has 0 bridgehead atoms. The van der Waals surface area contributed by atoms with E-state index in [0.29, 0.717) is 27.9 Å². The molecule has 3 rings (SSSR count). The van der Waals surface area contributed by atoms with Crippen LogP contribution in [0.5, 0.6) is 0 Å². The smallest absolute Gasteiger partial charge is 0.262 e. The van der Waals surface area contributed by atoms with Crippen LogP contribution in [0.1, 0.15) is 6.92 Å². The van der Waals surface area contributed by atoms with Gasteiger partial charge in [0.1, 0.15) is 0 Å². The molecule has 0 radical (unpaired) electrons. The van der Waals surface area contributed by atoms with Crippen molar-refractivity contribution in [2.45, 2.75) is 11.8 Å². The maximum Gasteiger partial charge on any atom is 0.262 e. The first-order valence-corrected chi connectivity index (χ1v) is 10.5. The molecule has 7 nitrogen and oxygen atoms in total. The molecule has 0 fully saturated rings. The molecular formula is C20H19ClN4O3S. The second-order valence-corrected chi connectivity index (χ2v) is 8.33. The van der Waals surface area contributed by atoms with Crippen molar-refractivity contribution in [3.63, 3.8) is 0 Å². The molecule has 0 aliphatic rings. The highest BCUT2D eigenvalue weighted by molar-refractivity contribution is 7.92. The summed E-state index contributed by atoms with van der Waals surface area (Å²) in [6.07, 6.45) is 1.56. The van der Waals surface area contributed by atoms with E-state index in [-0.39, 0.29) is 10.8 Å². The first-order chi connectivity index (χ1) is 13.8. The van der Waals surface area contributed by atoms with E-state index in [1.54, 1.807) is 61.8 Å². The molecule has 2 N–H and O–H groups in total. The van der Waals surface area contributed by atoms with Crippen LogP contribution in [-0.2, 0) is 14.8 Å². The minimum Gasteiger partial charge on any atom is -0.338 e. The fourth-order valence-electron chi connectivity index (χ4n) is 2.49. The first-order valence-electron chi connectivity index (χ1n) is 8.61. The van der Waals surface area contributed by atoms with Crippen molar-refractivity contribution in [1.29, 1.82) is 0 Å². The zero-order chi connectivity index (χ0) is 21.0. The minimum atomic E-state index is -3.85. The van der Waals surface area contributed by atoms with Gasteiger partial charge in [0.05, 0.1) is 10.6 Å². The Morgan fingerprint density at radius 1 is 1.03 bits per heavy atom. The van der Waals surface area contributed by atoms with Crippen LogP contribution in [-0.4, -0.2) is 26.4 Å². The van der Waals surface area contributed by atoms with Crippen LogP contribution in [0.2, 0.25) is 5.02 Å². The van der Waals surface area contributed by atoms with Crippen molar-refractivity contribution in [3.8, 4) is 0 Å². The normalized spacial score (nSPS) is 11.0. The Bertz CT molecular complexity index is 1120. The molecule has 0 saturated heterocycles. The molecule has 3 aromatic rings. The van der Waals surface area contributed by atoms with Gasteiger partial charge in [0.25, 0.3) is 10.0 Å². The highest BCUT2D eigenvalue weighted by Crippen LogP contribution is 2.26. The van der Waals surface area contributed by atoms with E-state index in [2.05, 4.69) is 15.0 Å². The number of carbonyl (C=O) groups excluding carboxylic acids is 1. The molecule has 29 heavy (non-hydrogen) atoms. The summed E-state index contributed by atoms with van der Waals surface area (Å²) < 4.78 is 28.1. The summed E-state index contributed by atoms with van der Waals surface area (Å²) in [5, 5.41) is 3.66. The number of nitrogens with one attached hydrogen (secondary N) is 2. The summed E-state index contributed by atoms with van der Waals surface area (Å²) in [6.45, 7) is 1.43. The predicted octanol–water partition coefficient (Wildman–Crippen LogP) is 4.26. The average molecular weight is 431 g/mol. The fourth-order valence-corrected chi connectivity index (χ4v) is 3.68. The molecule has 1 heterocycles. The SMILES string of the molecule is CC(=O)N(C)c1ccc(S(=O)(=O)Nc2cccnc2Nc2ccc(Cl)cc2)cc1. The second-order valence-electron chi connectivity index (χ2n) is 6.21. The first kappa shape index (κ1) is 20.6. The zero-order valence-corrected chi connectivity index (χ0v) is 17.3. The molecule has 9 heteroatoms. The summed E-state index contributed by atoms with van der Waals surface area (Å²) in [5.74, 6) is 0.207. The highest BCUT2D eigenvalue weighted by Gasteiger charge is 2.17. The van der Waals surface area contributed by atoms with Gasteiger partial charge in [-0.05, 0) is 60.7 Å². The third-order valence-electron chi connectivity index (χ3n) is 4.17. The summed E-state index contributed by atoms with van der Waals surface area (Å²) >= 11 is 5.89. The van der Waals surface area contributed by atoms with Gasteiger partial charge < -0.3 is 10.2 Å². The van der Waals surface area contributed by atoms with Crippen LogP contribution < -0.4 is 14.9 Å². The number of anilines is 4. The van der Waals surface area contributed by atoms with Gasteiger partial charge in [0.15, 0.2) is 5.82 Å². The van der Waals surface area contributed by atoms with E-state index in [1.807, 2.05) is 0 Å². The maximum atomic E-state index is 12.8. The molecule has 0 aliphatic carbocycles. The fraction of sp³-hybridized carbons (Fsp3) is 0.100. The summed E-state index contributed by atoms with van der Waals surface area (Å²) in [4.78, 5) is 17.2. The lowest BCUT2D eigenvalue weighted by atomic mass is 10.3. The molecule has 1 aromatic heterocycles. The number of sulfonamides is 1. The van der Waals surface area contributed by atoms with Gasteiger partial charge in [-0.25, -0.2) is 13.4 Å². The number of amides is 1. The number of nitrogens with zero attached hydrogens (tertiary/aromatic N) is 2. The number of hydrogen-bond acceptors (Lipinski definition) is 5. The third kappa shape index (κ3) is 5.04. The Kier molecular flexibility index (Phi) is 6.05. The van der Waals surface area contributed by atoms with E-state index in [9.17, 15) is 13.2 Å². The van der Waals surface area contributed by atoms with Crippen molar-refractivity contribution in [2.24, 2.45) is 0 Å². The van der Waals surface area contributed by atoms with Crippen LogP contribution in [0.3, 0.4) is 0 Å². The molecule has 0 atom stereocenters. The number of benzene rings is 2. The maximum absolute atomic E-state index is 12.8. The number of halogens is 1. The van der Waals surface area contributed by atoms with Gasteiger partial charge >= 0.3 is 0 Å². The number of aromatic nitrogens is 1. The van der Waals surface area contributed by atoms with Crippen molar-refractivity contribution in [2.75, 3.05) is 22.0 Å². The van der Waals surface area contributed by atoms with Crippen molar-refractivity contribution in [1.82, 2.24) is 4.98 Å². The van der Waals surface area contributed by atoms with Gasteiger partial charge in [0.2, 0.25) is 5.91 Å². The van der Waals surface area contributed by atoms with Crippen LogP contribution in [0.4, 0.5) is 22.9 Å². The lowest BCUT2D eigenvalue weighted by molar-refractivity contribution is -0.116. The Morgan fingerprint density at radius 3 is 2.31 bits per heavy atom. The number of hydrogen-bond donors (Lipinski definition) is 2. The lowest BCUT2D eigenvalue weighted by Crippen LogP contribution is -2.22. The minimum absolute atomic E-state index is 0.0690. The van der Waals surface area contributed by atoms with Crippen molar-refractivity contribution in [3.05, 3.63) is 71.9 Å². The highest BCUT2D eigenvalue weighted by atomic mass is 35.5. The summed E-state index contributed by atoms with van der Waals surface area (Å²) in [7, 11) is -2.23. The predicted molar refractivity (Wildman–Crippen MR) is 115 cm³/mol. The Labute approximate surface area is 174 Å². The van der Waals surface area contributed by atoms with E-state index in [4.69, 9.17) is 11.6 Å². The topological polar surface area (TPSA) is 91.4 Å². The van der Waals surface area contributed by atoms with Gasteiger partial charge in [-0.1, -0.05) is 11.6 Å². The van der Waals surface area contributed by atoms with Crippen LogP contribution in [0.25, 0.3) is 0 Å². The zero-order valence-electron chi connectivity index (χ0n) is 15.8. The number of pyridine rings is 1.